The van der Waals surface area contributed by atoms with E-state index in [2.05, 4.69) is 45.2 Å². The van der Waals surface area contributed by atoms with Crippen molar-refractivity contribution in [3.63, 3.8) is 0 Å². The zero-order chi connectivity index (χ0) is 15.5. The summed E-state index contributed by atoms with van der Waals surface area (Å²) in [6.07, 6.45) is 16.4. The van der Waals surface area contributed by atoms with Crippen molar-refractivity contribution in [2.45, 2.75) is 58.8 Å². The molecule has 0 radical (unpaired) electrons. The van der Waals surface area contributed by atoms with Crippen LogP contribution < -0.4 is 0 Å². The lowest BCUT2D eigenvalue weighted by Crippen LogP contribution is -2.49. The van der Waals surface area contributed by atoms with Crippen molar-refractivity contribution in [3.05, 3.63) is 48.1 Å². The Balaban J connectivity index is 1.69. The average molecular weight is 294 g/mol. The molecule has 2 fully saturated rings. The summed E-state index contributed by atoms with van der Waals surface area (Å²) < 4.78 is 0. The van der Waals surface area contributed by atoms with E-state index in [0.717, 1.165) is 17.8 Å². The molecule has 0 heterocycles. The fraction of sp³-hybridized carbons (Fsp3) is 0.636. The molecule has 0 heteroatoms. The quantitative estimate of drug-likeness (QED) is 0.538. The molecule has 0 aromatic heterocycles. The van der Waals surface area contributed by atoms with Crippen LogP contribution in [0.2, 0.25) is 0 Å². The summed E-state index contributed by atoms with van der Waals surface area (Å²) in [4.78, 5) is 0. The van der Waals surface area contributed by atoms with Crippen LogP contribution in [-0.2, 0) is 0 Å². The fourth-order valence-electron chi connectivity index (χ4n) is 6.57. The largest absolute Gasteiger partial charge is 0.0988 e. The van der Waals surface area contributed by atoms with Crippen molar-refractivity contribution in [1.82, 2.24) is 0 Å². The van der Waals surface area contributed by atoms with Crippen molar-refractivity contribution in [3.8, 4) is 0 Å². The second kappa shape index (κ2) is 4.73. The first-order valence-electron chi connectivity index (χ1n) is 9.21. The zero-order valence-corrected chi connectivity index (χ0v) is 14.3. The molecule has 4 aliphatic carbocycles. The van der Waals surface area contributed by atoms with Gasteiger partial charge in [0.1, 0.15) is 0 Å². The Morgan fingerprint density at radius 2 is 1.91 bits per heavy atom. The molecule has 22 heavy (non-hydrogen) atoms. The van der Waals surface area contributed by atoms with Crippen LogP contribution >= 0.6 is 0 Å². The number of allylic oxidation sites excluding steroid dienone is 6. The maximum Gasteiger partial charge on any atom is -0.00446 e. The lowest BCUT2D eigenvalue weighted by atomic mass is 9.47. The third-order valence-corrected chi connectivity index (χ3v) is 7.94. The van der Waals surface area contributed by atoms with Gasteiger partial charge in [0.25, 0.3) is 0 Å². The Labute approximate surface area is 136 Å². The van der Waals surface area contributed by atoms with Gasteiger partial charge in [-0.15, -0.1) is 0 Å². The molecular weight excluding hydrogens is 264 g/mol. The zero-order valence-electron chi connectivity index (χ0n) is 14.3. The molecule has 0 aromatic rings. The second-order valence-corrected chi connectivity index (χ2v) is 8.72. The summed E-state index contributed by atoms with van der Waals surface area (Å²) in [6.45, 7) is 13.4. The summed E-state index contributed by atoms with van der Waals surface area (Å²) in [5, 5.41) is 0. The van der Waals surface area contributed by atoms with Crippen LogP contribution in [-0.4, -0.2) is 0 Å². The van der Waals surface area contributed by atoms with Crippen molar-refractivity contribution >= 4 is 0 Å². The summed E-state index contributed by atoms with van der Waals surface area (Å²) in [6, 6.07) is 0. The first kappa shape index (κ1) is 14.5. The summed E-state index contributed by atoms with van der Waals surface area (Å²) in [5.74, 6) is 2.68. The molecule has 0 nitrogen and oxygen atoms in total. The van der Waals surface area contributed by atoms with Crippen LogP contribution in [0.15, 0.2) is 48.1 Å². The first-order valence-corrected chi connectivity index (χ1v) is 9.21. The van der Waals surface area contributed by atoms with E-state index in [0.29, 0.717) is 10.8 Å². The predicted molar refractivity (Wildman–Crippen MR) is 94.5 cm³/mol. The van der Waals surface area contributed by atoms with E-state index in [4.69, 9.17) is 0 Å². The Morgan fingerprint density at radius 3 is 2.68 bits per heavy atom. The molecule has 0 spiro atoms. The highest BCUT2D eigenvalue weighted by atomic mass is 14.6. The molecule has 118 valence electrons. The molecular formula is C22H30. The van der Waals surface area contributed by atoms with Crippen LogP contribution in [0.4, 0.5) is 0 Å². The van der Waals surface area contributed by atoms with Gasteiger partial charge >= 0.3 is 0 Å². The van der Waals surface area contributed by atoms with Gasteiger partial charge < -0.3 is 0 Å². The van der Waals surface area contributed by atoms with Crippen LogP contribution in [0.3, 0.4) is 0 Å². The summed E-state index contributed by atoms with van der Waals surface area (Å²) in [7, 11) is 0. The van der Waals surface area contributed by atoms with Gasteiger partial charge in [-0.25, -0.2) is 0 Å². The Hall–Kier alpha value is -1.04. The van der Waals surface area contributed by atoms with Gasteiger partial charge in [0.15, 0.2) is 0 Å². The number of hydrogen-bond acceptors (Lipinski definition) is 0. The molecule has 5 unspecified atom stereocenters. The van der Waals surface area contributed by atoms with E-state index < -0.39 is 0 Å². The van der Waals surface area contributed by atoms with Gasteiger partial charge in [-0.3, -0.25) is 0 Å². The summed E-state index contributed by atoms with van der Waals surface area (Å²) in [5.41, 5.74) is 5.51. The lowest BCUT2D eigenvalue weighted by Gasteiger charge is -2.58. The molecule has 2 saturated carbocycles. The normalized spacial score (nSPS) is 47.0. The van der Waals surface area contributed by atoms with E-state index in [1.165, 1.54) is 50.5 Å². The van der Waals surface area contributed by atoms with Crippen LogP contribution in [0.25, 0.3) is 0 Å². The van der Waals surface area contributed by atoms with E-state index in [-0.39, 0.29) is 0 Å². The van der Waals surface area contributed by atoms with E-state index in [1.807, 2.05) is 0 Å². The summed E-state index contributed by atoms with van der Waals surface area (Å²) >= 11 is 0. The molecule has 0 aromatic carbocycles. The molecule has 5 atom stereocenters. The molecule has 0 bridgehead atoms. The van der Waals surface area contributed by atoms with E-state index >= 15 is 0 Å². The van der Waals surface area contributed by atoms with E-state index in [1.54, 1.807) is 11.1 Å². The lowest BCUT2D eigenvalue weighted by molar-refractivity contribution is -0.0257. The smallest absolute Gasteiger partial charge is 0.00446 e. The monoisotopic (exact) mass is 294 g/mol. The maximum atomic E-state index is 4.23. The minimum atomic E-state index is 0.415. The standard InChI is InChI=1S/C22H30/c1-5-16-7-9-19-18-8-6-17-14-15(2)10-12-22(17,4)20(18)11-13-21(16,19)3/h5,7,14,18-20H,1-2,6,8-13H2,3-4H3. The molecule has 4 rings (SSSR count). The first-order chi connectivity index (χ1) is 10.5. The predicted octanol–water partition coefficient (Wildman–Crippen LogP) is 6.23. The minimum Gasteiger partial charge on any atom is -0.0988 e. The van der Waals surface area contributed by atoms with Crippen molar-refractivity contribution < 1.29 is 0 Å². The SMILES string of the molecule is C=CC1=CCC2C3CCC4=CC(=C)CCC4(C)C3CCC12C. The fourth-order valence-corrected chi connectivity index (χ4v) is 6.57. The van der Waals surface area contributed by atoms with Gasteiger partial charge in [-0.1, -0.05) is 56.4 Å². The van der Waals surface area contributed by atoms with E-state index in [9.17, 15) is 0 Å². The minimum absolute atomic E-state index is 0.415. The molecule has 0 aliphatic heterocycles. The van der Waals surface area contributed by atoms with Crippen LogP contribution in [0.5, 0.6) is 0 Å². The molecule has 0 N–H and O–H groups in total. The van der Waals surface area contributed by atoms with Crippen molar-refractivity contribution in [1.29, 1.82) is 0 Å². The van der Waals surface area contributed by atoms with Crippen molar-refractivity contribution in [2.24, 2.45) is 28.6 Å². The average Bonchev–Trinajstić information content (AvgIpc) is 2.84. The van der Waals surface area contributed by atoms with Crippen molar-refractivity contribution in [2.75, 3.05) is 0 Å². The third-order valence-electron chi connectivity index (χ3n) is 7.94. The Morgan fingerprint density at radius 1 is 1.09 bits per heavy atom. The Kier molecular flexibility index (Phi) is 3.13. The third kappa shape index (κ3) is 1.76. The maximum absolute atomic E-state index is 4.23. The number of fused-ring (bicyclic) bond motifs is 5. The number of rotatable bonds is 1. The number of hydrogen-bond donors (Lipinski definition) is 0. The van der Waals surface area contributed by atoms with Gasteiger partial charge in [0.05, 0.1) is 0 Å². The molecule has 0 amide bonds. The van der Waals surface area contributed by atoms with Crippen LogP contribution in [0, 0.1) is 28.6 Å². The van der Waals surface area contributed by atoms with Gasteiger partial charge in [-0.2, -0.15) is 0 Å². The van der Waals surface area contributed by atoms with Crippen LogP contribution in [0.1, 0.15) is 58.8 Å². The van der Waals surface area contributed by atoms with Gasteiger partial charge in [-0.05, 0) is 79.1 Å². The second-order valence-electron chi connectivity index (χ2n) is 8.72. The molecule has 4 aliphatic rings. The highest BCUT2D eigenvalue weighted by Crippen LogP contribution is 2.65. The van der Waals surface area contributed by atoms with Gasteiger partial charge in [0, 0.05) is 0 Å². The highest BCUT2D eigenvalue weighted by molar-refractivity contribution is 5.36. The highest BCUT2D eigenvalue weighted by Gasteiger charge is 2.56. The Bertz CT molecular complexity index is 589. The topological polar surface area (TPSA) is 0 Å². The van der Waals surface area contributed by atoms with Gasteiger partial charge in [0.2, 0.25) is 0 Å². The molecule has 0 saturated heterocycles.